The van der Waals surface area contributed by atoms with Gasteiger partial charge in [-0.3, -0.25) is 0 Å². The van der Waals surface area contributed by atoms with Gasteiger partial charge in [-0.05, 0) is 35.7 Å². The first kappa shape index (κ1) is 21.8. The van der Waals surface area contributed by atoms with Crippen LogP contribution in [0.15, 0.2) is 60.7 Å². The van der Waals surface area contributed by atoms with E-state index in [0.717, 1.165) is 11.1 Å². The molecule has 0 bridgehead atoms. The van der Waals surface area contributed by atoms with Crippen molar-refractivity contribution in [2.24, 2.45) is 0 Å². The maximum atomic E-state index is 10.4. The normalized spacial score (nSPS) is 14.2. The van der Waals surface area contributed by atoms with Gasteiger partial charge in [-0.25, -0.2) is 0 Å². The van der Waals surface area contributed by atoms with Gasteiger partial charge in [0.2, 0.25) is 0 Å². The Labute approximate surface area is 165 Å². The smallest absolute Gasteiger partial charge is 0.192 e. The zero-order valence-corrected chi connectivity index (χ0v) is 18.3. The fourth-order valence-corrected chi connectivity index (χ4v) is 4.17. The van der Waals surface area contributed by atoms with E-state index in [1.165, 1.54) is 0 Å². The third kappa shape index (κ3) is 5.08. The standard InChI is InChI=1S/C23H34O3Si/c1-22(2,3)27(4,5)26-18-23(16-21(25)17-24,19-12-8-6-9-13-19)20-14-10-7-11-15-20/h6-15,21,24-25H,16-18H2,1-5H3. The molecule has 0 amide bonds. The van der Waals surface area contributed by atoms with Gasteiger partial charge in [0, 0.05) is 12.0 Å². The Morgan fingerprint density at radius 1 is 0.889 bits per heavy atom. The van der Waals surface area contributed by atoms with Crippen molar-refractivity contribution in [2.45, 2.75) is 56.8 Å². The average Bonchev–Trinajstić information content (AvgIpc) is 2.65. The summed E-state index contributed by atoms with van der Waals surface area (Å²) < 4.78 is 6.66. The highest BCUT2D eigenvalue weighted by Gasteiger charge is 2.42. The van der Waals surface area contributed by atoms with E-state index in [-0.39, 0.29) is 11.6 Å². The molecule has 0 saturated carbocycles. The molecule has 1 unspecified atom stereocenters. The molecule has 0 heterocycles. The molecule has 2 aromatic rings. The summed E-state index contributed by atoms with van der Waals surface area (Å²) in [6.07, 6.45) is -0.403. The Hall–Kier alpha value is -1.46. The van der Waals surface area contributed by atoms with Crippen molar-refractivity contribution >= 4 is 8.32 Å². The number of rotatable bonds is 8. The van der Waals surface area contributed by atoms with E-state index in [1.54, 1.807) is 0 Å². The van der Waals surface area contributed by atoms with Crippen LogP contribution in [-0.2, 0) is 9.84 Å². The third-order valence-electron chi connectivity index (χ3n) is 5.93. The van der Waals surface area contributed by atoms with Crippen molar-refractivity contribution in [3.8, 4) is 0 Å². The van der Waals surface area contributed by atoms with Crippen LogP contribution in [0.25, 0.3) is 0 Å². The first-order valence-corrected chi connectivity index (χ1v) is 12.6. The van der Waals surface area contributed by atoms with Crippen LogP contribution in [0.4, 0.5) is 0 Å². The van der Waals surface area contributed by atoms with E-state index in [9.17, 15) is 10.2 Å². The zero-order chi connectivity index (χ0) is 20.1. The predicted molar refractivity (Wildman–Crippen MR) is 115 cm³/mol. The number of hydrogen-bond donors (Lipinski definition) is 2. The van der Waals surface area contributed by atoms with Gasteiger partial charge in [0.25, 0.3) is 0 Å². The van der Waals surface area contributed by atoms with Gasteiger partial charge in [0.05, 0.1) is 12.7 Å². The van der Waals surface area contributed by atoms with Crippen molar-refractivity contribution in [3.05, 3.63) is 71.8 Å². The maximum Gasteiger partial charge on any atom is 0.192 e. The number of aliphatic hydroxyl groups excluding tert-OH is 2. The lowest BCUT2D eigenvalue weighted by Gasteiger charge is -2.42. The second kappa shape index (κ2) is 8.70. The van der Waals surface area contributed by atoms with Crippen molar-refractivity contribution in [1.29, 1.82) is 0 Å². The quantitative estimate of drug-likeness (QED) is 0.644. The van der Waals surface area contributed by atoms with Crippen molar-refractivity contribution in [2.75, 3.05) is 13.2 Å². The minimum atomic E-state index is -1.99. The monoisotopic (exact) mass is 386 g/mol. The van der Waals surface area contributed by atoms with Gasteiger partial charge in [-0.1, -0.05) is 81.4 Å². The average molecular weight is 387 g/mol. The Morgan fingerprint density at radius 2 is 1.33 bits per heavy atom. The van der Waals surface area contributed by atoms with Crippen LogP contribution in [0.1, 0.15) is 38.3 Å². The molecule has 0 aliphatic carbocycles. The van der Waals surface area contributed by atoms with Crippen LogP contribution in [0.5, 0.6) is 0 Å². The highest BCUT2D eigenvalue weighted by atomic mass is 28.4. The Balaban J connectivity index is 2.54. The van der Waals surface area contributed by atoms with Crippen molar-refractivity contribution in [1.82, 2.24) is 0 Å². The number of benzene rings is 2. The van der Waals surface area contributed by atoms with Crippen molar-refractivity contribution in [3.63, 3.8) is 0 Å². The fourth-order valence-electron chi connectivity index (χ4n) is 3.13. The third-order valence-corrected chi connectivity index (χ3v) is 10.4. The second-order valence-electron chi connectivity index (χ2n) is 8.90. The van der Waals surface area contributed by atoms with Gasteiger partial charge in [-0.2, -0.15) is 0 Å². The molecule has 0 radical (unpaired) electrons. The maximum absolute atomic E-state index is 10.4. The van der Waals surface area contributed by atoms with Crippen LogP contribution in [-0.4, -0.2) is 37.8 Å². The molecule has 0 saturated heterocycles. The van der Waals surface area contributed by atoms with Gasteiger partial charge in [-0.15, -0.1) is 0 Å². The summed E-state index contributed by atoms with van der Waals surface area (Å²) in [5.41, 5.74) is 1.69. The van der Waals surface area contributed by atoms with E-state index >= 15 is 0 Å². The van der Waals surface area contributed by atoms with Crippen LogP contribution >= 0.6 is 0 Å². The minimum Gasteiger partial charge on any atom is -0.416 e. The molecule has 2 rings (SSSR count). The molecule has 2 aromatic carbocycles. The zero-order valence-electron chi connectivity index (χ0n) is 17.3. The second-order valence-corrected chi connectivity index (χ2v) is 13.7. The fraction of sp³-hybridized carbons (Fsp3) is 0.478. The summed E-state index contributed by atoms with van der Waals surface area (Å²) in [4.78, 5) is 0. The first-order valence-electron chi connectivity index (χ1n) is 9.66. The Kier molecular flexibility index (Phi) is 7.03. The summed E-state index contributed by atoms with van der Waals surface area (Å²) in [5, 5.41) is 20.1. The van der Waals surface area contributed by atoms with E-state index in [4.69, 9.17) is 4.43 Å². The molecule has 148 valence electrons. The van der Waals surface area contributed by atoms with Crippen LogP contribution in [0.2, 0.25) is 18.1 Å². The molecule has 0 aliphatic heterocycles. The van der Waals surface area contributed by atoms with E-state index in [0.29, 0.717) is 13.0 Å². The highest BCUT2D eigenvalue weighted by molar-refractivity contribution is 6.74. The summed E-state index contributed by atoms with van der Waals surface area (Å²) in [6.45, 7) is 11.4. The molecule has 3 nitrogen and oxygen atoms in total. The van der Waals surface area contributed by atoms with Gasteiger partial charge in [0.1, 0.15) is 0 Å². The first-order chi connectivity index (χ1) is 12.6. The van der Waals surface area contributed by atoms with Crippen LogP contribution < -0.4 is 0 Å². The lowest BCUT2D eigenvalue weighted by molar-refractivity contribution is 0.0613. The highest BCUT2D eigenvalue weighted by Crippen LogP contribution is 2.42. The topological polar surface area (TPSA) is 49.7 Å². The summed E-state index contributed by atoms with van der Waals surface area (Å²) in [6, 6.07) is 20.4. The minimum absolute atomic E-state index is 0.0989. The molecule has 0 spiro atoms. The summed E-state index contributed by atoms with van der Waals surface area (Å²) in [7, 11) is -1.99. The van der Waals surface area contributed by atoms with E-state index < -0.39 is 19.8 Å². The molecule has 2 N–H and O–H groups in total. The SMILES string of the molecule is CC(C)(C)[Si](C)(C)OCC(CC(O)CO)(c1ccccc1)c1ccccc1. The van der Waals surface area contributed by atoms with Crippen LogP contribution in [0.3, 0.4) is 0 Å². The predicted octanol–water partition coefficient (Wildman–Crippen LogP) is 4.74. The Morgan fingerprint density at radius 3 is 1.70 bits per heavy atom. The molecular formula is C23H34O3Si. The van der Waals surface area contributed by atoms with Gasteiger partial charge in [0.15, 0.2) is 8.32 Å². The number of hydrogen-bond acceptors (Lipinski definition) is 3. The lowest BCUT2D eigenvalue weighted by Crippen LogP contribution is -2.47. The van der Waals surface area contributed by atoms with E-state index in [1.807, 2.05) is 36.4 Å². The molecule has 0 fully saturated rings. The summed E-state index contributed by atoms with van der Waals surface area (Å²) >= 11 is 0. The number of aliphatic hydroxyl groups is 2. The van der Waals surface area contributed by atoms with Gasteiger partial charge < -0.3 is 14.6 Å². The molecule has 1 atom stereocenters. The molecule has 27 heavy (non-hydrogen) atoms. The molecule has 4 heteroatoms. The molecule has 0 aliphatic rings. The summed E-state index contributed by atoms with van der Waals surface area (Å²) in [5.74, 6) is 0. The largest absolute Gasteiger partial charge is 0.416 e. The molecular weight excluding hydrogens is 352 g/mol. The Bertz CT molecular complexity index is 653. The van der Waals surface area contributed by atoms with Gasteiger partial charge >= 0.3 is 0 Å². The van der Waals surface area contributed by atoms with Crippen LogP contribution in [0, 0.1) is 0 Å². The molecule has 0 aromatic heterocycles. The van der Waals surface area contributed by atoms with E-state index in [2.05, 4.69) is 58.1 Å². The van der Waals surface area contributed by atoms with Crippen molar-refractivity contribution < 1.29 is 14.6 Å². The lowest BCUT2D eigenvalue weighted by atomic mass is 9.71.